The summed E-state index contributed by atoms with van der Waals surface area (Å²) in [4.78, 5) is 28.5. The van der Waals surface area contributed by atoms with Crippen LogP contribution < -0.4 is 0 Å². The summed E-state index contributed by atoms with van der Waals surface area (Å²) in [6.07, 6.45) is 0. The second kappa shape index (κ2) is 8.34. The summed E-state index contributed by atoms with van der Waals surface area (Å²) in [5.74, 6) is -0.316. The van der Waals surface area contributed by atoms with Gasteiger partial charge in [0.1, 0.15) is 12.6 Å². The molecule has 3 rings (SSSR count). The molecule has 0 radical (unpaired) electrons. The van der Waals surface area contributed by atoms with Gasteiger partial charge in [0.15, 0.2) is 0 Å². The molecule has 1 aliphatic heterocycles. The van der Waals surface area contributed by atoms with E-state index in [1.807, 2.05) is 48.5 Å². The molecular formula is C20H21ClN2O3. The lowest BCUT2D eigenvalue weighted by Crippen LogP contribution is -2.56. The molecule has 2 aromatic carbocycles. The molecule has 1 atom stereocenters. The molecule has 2 amide bonds. The number of halogens is 1. The monoisotopic (exact) mass is 372 g/mol. The van der Waals surface area contributed by atoms with Gasteiger partial charge >= 0.3 is 0 Å². The van der Waals surface area contributed by atoms with Gasteiger partial charge in [0.05, 0.1) is 6.61 Å². The molecule has 0 saturated carbocycles. The lowest BCUT2D eigenvalue weighted by Gasteiger charge is -2.36. The lowest BCUT2D eigenvalue weighted by molar-refractivity contribution is -0.159. The van der Waals surface area contributed by atoms with Crippen molar-refractivity contribution in [3.05, 3.63) is 70.7 Å². The summed E-state index contributed by atoms with van der Waals surface area (Å²) in [7, 11) is 1.73. The Morgan fingerprint density at radius 1 is 1.19 bits per heavy atom. The van der Waals surface area contributed by atoms with Gasteiger partial charge in [-0.1, -0.05) is 54.1 Å². The lowest BCUT2D eigenvalue weighted by atomic mass is 10.1. The van der Waals surface area contributed by atoms with Gasteiger partial charge in [-0.05, 0) is 23.3 Å². The minimum absolute atomic E-state index is 0.00855. The number of carbonyl (C=O) groups excluding carboxylic acids is 2. The zero-order valence-electron chi connectivity index (χ0n) is 14.6. The first-order valence-electron chi connectivity index (χ1n) is 8.45. The number of carbonyl (C=O) groups is 2. The van der Waals surface area contributed by atoms with E-state index in [2.05, 4.69) is 0 Å². The summed E-state index contributed by atoms with van der Waals surface area (Å²) < 4.78 is 5.34. The quantitative estimate of drug-likeness (QED) is 0.810. The third-order valence-corrected chi connectivity index (χ3v) is 4.60. The number of hydrogen-bond acceptors (Lipinski definition) is 3. The molecule has 0 N–H and O–H groups in total. The van der Waals surface area contributed by atoms with Gasteiger partial charge in [0.25, 0.3) is 0 Å². The molecule has 5 nitrogen and oxygen atoms in total. The highest BCUT2D eigenvalue weighted by molar-refractivity contribution is 6.30. The fourth-order valence-electron chi connectivity index (χ4n) is 3.03. The van der Waals surface area contributed by atoms with Crippen molar-refractivity contribution in [2.24, 2.45) is 0 Å². The van der Waals surface area contributed by atoms with Crippen LogP contribution in [-0.4, -0.2) is 47.9 Å². The van der Waals surface area contributed by atoms with E-state index in [1.165, 1.54) is 0 Å². The maximum atomic E-state index is 13.0. The number of amides is 2. The Labute approximate surface area is 158 Å². The van der Waals surface area contributed by atoms with Gasteiger partial charge in [-0.3, -0.25) is 9.59 Å². The van der Waals surface area contributed by atoms with Crippen LogP contribution in [0.5, 0.6) is 0 Å². The minimum atomic E-state index is -0.624. The number of benzene rings is 2. The Hall–Kier alpha value is -2.37. The average molecular weight is 373 g/mol. The van der Waals surface area contributed by atoms with E-state index in [1.54, 1.807) is 22.9 Å². The fourth-order valence-corrected chi connectivity index (χ4v) is 3.24. The molecule has 0 aliphatic carbocycles. The molecule has 1 saturated heterocycles. The molecule has 0 unspecified atom stereocenters. The van der Waals surface area contributed by atoms with Gasteiger partial charge in [-0.25, -0.2) is 0 Å². The summed E-state index contributed by atoms with van der Waals surface area (Å²) in [6, 6.07) is 16.4. The highest BCUT2D eigenvalue weighted by Crippen LogP contribution is 2.17. The third-order valence-electron chi connectivity index (χ3n) is 4.36. The normalized spacial score (nSPS) is 17.2. The molecule has 1 heterocycles. The molecule has 0 bridgehead atoms. The van der Waals surface area contributed by atoms with E-state index in [0.29, 0.717) is 18.1 Å². The summed E-state index contributed by atoms with van der Waals surface area (Å²) in [5.41, 5.74) is 1.92. The first kappa shape index (κ1) is 18.4. The second-order valence-electron chi connectivity index (χ2n) is 6.36. The molecule has 6 heteroatoms. The van der Waals surface area contributed by atoms with E-state index in [9.17, 15) is 9.59 Å². The van der Waals surface area contributed by atoms with Crippen LogP contribution in [-0.2, 0) is 27.4 Å². The van der Waals surface area contributed by atoms with Crippen molar-refractivity contribution in [3.63, 3.8) is 0 Å². The van der Waals surface area contributed by atoms with Crippen LogP contribution in [0.2, 0.25) is 5.02 Å². The highest BCUT2D eigenvalue weighted by Gasteiger charge is 2.35. The first-order chi connectivity index (χ1) is 12.5. The van der Waals surface area contributed by atoms with Crippen molar-refractivity contribution in [1.29, 1.82) is 0 Å². The Morgan fingerprint density at radius 3 is 2.65 bits per heavy atom. The number of hydrogen-bond donors (Lipinski definition) is 0. The number of morpholine rings is 1. The van der Waals surface area contributed by atoms with Crippen LogP contribution in [0.1, 0.15) is 11.1 Å². The van der Waals surface area contributed by atoms with Crippen molar-refractivity contribution in [2.45, 2.75) is 19.1 Å². The molecule has 0 aromatic heterocycles. The van der Waals surface area contributed by atoms with Gasteiger partial charge in [-0.15, -0.1) is 0 Å². The molecule has 26 heavy (non-hydrogen) atoms. The molecular weight excluding hydrogens is 352 g/mol. The minimum Gasteiger partial charge on any atom is -0.369 e. The predicted octanol–water partition coefficient (Wildman–Crippen LogP) is 2.73. The SMILES string of the molecule is CN(Cc1cccc(Cl)c1)C(=O)[C@@H]1COCC(=O)N1Cc1ccccc1. The van der Waals surface area contributed by atoms with Crippen molar-refractivity contribution < 1.29 is 14.3 Å². The number of likely N-dealkylation sites (N-methyl/N-ethyl adjacent to an activating group) is 1. The highest BCUT2D eigenvalue weighted by atomic mass is 35.5. The largest absolute Gasteiger partial charge is 0.369 e. The van der Waals surface area contributed by atoms with Gasteiger partial charge < -0.3 is 14.5 Å². The molecule has 136 valence electrons. The zero-order valence-corrected chi connectivity index (χ0v) is 15.4. The number of ether oxygens (including phenoxy) is 1. The van der Waals surface area contributed by atoms with Crippen molar-refractivity contribution in [2.75, 3.05) is 20.3 Å². The summed E-state index contributed by atoms with van der Waals surface area (Å²) in [5, 5.41) is 0.630. The predicted molar refractivity (Wildman–Crippen MR) is 99.5 cm³/mol. The number of nitrogens with zero attached hydrogens (tertiary/aromatic N) is 2. The van der Waals surface area contributed by atoms with Crippen LogP contribution in [0.4, 0.5) is 0 Å². The van der Waals surface area contributed by atoms with E-state index < -0.39 is 6.04 Å². The van der Waals surface area contributed by atoms with E-state index >= 15 is 0 Å². The molecule has 1 aliphatic rings. The fraction of sp³-hybridized carbons (Fsp3) is 0.300. The molecule has 0 spiro atoms. The van der Waals surface area contributed by atoms with Crippen LogP contribution in [0, 0.1) is 0 Å². The van der Waals surface area contributed by atoms with Crippen molar-refractivity contribution in [3.8, 4) is 0 Å². The van der Waals surface area contributed by atoms with E-state index in [0.717, 1.165) is 11.1 Å². The van der Waals surface area contributed by atoms with Gasteiger partial charge in [-0.2, -0.15) is 0 Å². The van der Waals surface area contributed by atoms with E-state index in [4.69, 9.17) is 16.3 Å². The average Bonchev–Trinajstić information content (AvgIpc) is 2.63. The third kappa shape index (κ3) is 4.42. The smallest absolute Gasteiger partial charge is 0.249 e. The van der Waals surface area contributed by atoms with Crippen LogP contribution in [0.25, 0.3) is 0 Å². The summed E-state index contributed by atoms with van der Waals surface area (Å²) in [6.45, 7) is 1.03. The second-order valence-corrected chi connectivity index (χ2v) is 6.80. The molecule has 2 aromatic rings. The zero-order chi connectivity index (χ0) is 18.5. The Morgan fingerprint density at radius 2 is 1.92 bits per heavy atom. The maximum absolute atomic E-state index is 13.0. The van der Waals surface area contributed by atoms with Crippen molar-refractivity contribution in [1.82, 2.24) is 9.80 Å². The van der Waals surface area contributed by atoms with E-state index in [-0.39, 0.29) is 25.0 Å². The topological polar surface area (TPSA) is 49.9 Å². The van der Waals surface area contributed by atoms with Crippen LogP contribution >= 0.6 is 11.6 Å². The summed E-state index contributed by atoms with van der Waals surface area (Å²) >= 11 is 6.01. The maximum Gasteiger partial charge on any atom is 0.249 e. The Bertz CT molecular complexity index is 782. The van der Waals surface area contributed by atoms with Crippen LogP contribution in [0.15, 0.2) is 54.6 Å². The first-order valence-corrected chi connectivity index (χ1v) is 8.83. The Balaban J connectivity index is 1.73. The standard InChI is InChI=1S/C20H21ClN2O3/c1-22(11-16-8-5-9-17(21)10-16)20(25)18-13-26-14-19(24)23(18)12-15-6-3-2-4-7-15/h2-10,18H,11-14H2,1H3/t18-/m0/s1. The number of rotatable bonds is 5. The molecule has 1 fully saturated rings. The van der Waals surface area contributed by atoms with Gasteiger partial charge in [0, 0.05) is 25.2 Å². The van der Waals surface area contributed by atoms with Crippen LogP contribution in [0.3, 0.4) is 0 Å². The Kier molecular flexibility index (Phi) is 5.91. The van der Waals surface area contributed by atoms with Crippen molar-refractivity contribution >= 4 is 23.4 Å². The van der Waals surface area contributed by atoms with Gasteiger partial charge in [0.2, 0.25) is 11.8 Å².